The minimum absolute atomic E-state index is 0.187. The van der Waals surface area contributed by atoms with Crippen molar-refractivity contribution in [3.05, 3.63) is 63.2 Å². The predicted octanol–water partition coefficient (Wildman–Crippen LogP) is 3.35. The van der Waals surface area contributed by atoms with E-state index in [4.69, 9.17) is 26.6 Å². The quantitative estimate of drug-likeness (QED) is 0.271. The highest BCUT2D eigenvalue weighted by molar-refractivity contribution is 6.30. The zero-order valence-electron chi connectivity index (χ0n) is 21.2. The summed E-state index contributed by atoms with van der Waals surface area (Å²) in [5.41, 5.74) is 3.28. The number of nitrogens with zero attached hydrogens (tertiary/aromatic N) is 5. The zero-order valence-corrected chi connectivity index (χ0v) is 22.0. The molecule has 4 aromatic rings. The normalized spacial score (nSPS) is 17.2. The number of fused-ring (bicyclic) bond motifs is 1. The van der Waals surface area contributed by atoms with E-state index in [0.717, 1.165) is 37.8 Å². The Labute approximate surface area is 225 Å². The first-order valence-electron chi connectivity index (χ1n) is 13.1. The van der Waals surface area contributed by atoms with Gasteiger partial charge in [0.15, 0.2) is 5.65 Å². The third-order valence-electron chi connectivity index (χ3n) is 7.31. The first kappa shape index (κ1) is 24.8. The summed E-state index contributed by atoms with van der Waals surface area (Å²) in [6.45, 7) is 7.11. The van der Waals surface area contributed by atoms with Crippen molar-refractivity contribution in [3.8, 4) is 11.4 Å². The van der Waals surface area contributed by atoms with Gasteiger partial charge in [-0.25, -0.2) is 9.97 Å². The summed E-state index contributed by atoms with van der Waals surface area (Å²) in [5.74, 6) is 1.95. The molecule has 1 unspecified atom stereocenters. The molecule has 1 aliphatic heterocycles. The standard InChI is InChI=1S/C27H31ClN8O2/c1-16-23-25(34-27(31-16)36-11-9-35(10-12-36)15-17-5-6-17)33-24(32-23)22-20(7-8-29-26(22)38)30-14-21(37)18-3-2-4-19(28)13-18/h2-4,7-8,13,17,21,37H,5-6,9-12,14-15H2,1H3,(H2,29,30,38)(H,31,32,33,34). The molecule has 3 aromatic heterocycles. The summed E-state index contributed by atoms with van der Waals surface area (Å²) >= 11 is 6.07. The van der Waals surface area contributed by atoms with Crippen molar-refractivity contribution in [1.29, 1.82) is 0 Å². The molecular formula is C27H31ClN8O2. The molecule has 2 fully saturated rings. The number of hydrogen-bond acceptors (Lipinski definition) is 8. The lowest BCUT2D eigenvalue weighted by atomic mass is 10.1. The van der Waals surface area contributed by atoms with Crippen LogP contribution in [-0.2, 0) is 0 Å². The number of rotatable bonds is 8. The van der Waals surface area contributed by atoms with E-state index in [0.29, 0.717) is 44.8 Å². The lowest BCUT2D eigenvalue weighted by molar-refractivity contribution is 0.191. The molecule has 10 nitrogen and oxygen atoms in total. The molecule has 198 valence electrons. The van der Waals surface area contributed by atoms with Crippen LogP contribution in [-0.4, -0.2) is 74.2 Å². The smallest absolute Gasteiger partial charge is 0.261 e. The Kier molecular flexibility index (Phi) is 6.77. The van der Waals surface area contributed by atoms with E-state index in [1.165, 1.54) is 19.4 Å². The lowest BCUT2D eigenvalue weighted by Gasteiger charge is -2.34. The Morgan fingerprint density at radius 2 is 1.97 bits per heavy atom. The number of imidazole rings is 1. The van der Waals surface area contributed by atoms with Gasteiger partial charge < -0.3 is 25.3 Å². The maximum Gasteiger partial charge on any atom is 0.261 e. The number of aromatic amines is 2. The Morgan fingerprint density at radius 1 is 1.16 bits per heavy atom. The van der Waals surface area contributed by atoms with Gasteiger partial charge in [0.2, 0.25) is 5.95 Å². The van der Waals surface area contributed by atoms with Gasteiger partial charge in [0, 0.05) is 50.5 Å². The summed E-state index contributed by atoms with van der Waals surface area (Å²) < 4.78 is 0. The predicted molar refractivity (Wildman–Crippen MR) is 149 cm³/mol. The van der Waals surface area contributed by atoms with Crippen LogP contribution in [0.1, 0.15) is 30.2 Å². The molecule has 1 saturated heterocycles. The van der Waals surface area contributed by atoms with Crippen molar-refractivity contribution >= 4 is 34.4 Å². The van der Waals surface area contributed by atoms with Gasteiger partial charge in [-0.1, -0.05) is 23.7 Å². The van der Waals surface area contributed by atoms with Crippen molar-refractivity contribution in [2.75, 3.05) is 49.5 Å². The average Bonchev–Trinajstić information content (AvgIpc) is 3.62. The second kappa shape index (κ2) is 10.4. The fraction of sp³-hybridized carbons (Fsp3) is 0.407. The lowest BCUT2D eigenvalue weighted by Crippen LogP contribution is -2.47. The third kappa shape index (κ3) is 5.24. The van der Waals surface area contributed by atoms with Gasteiger partial charge >= 0.3 is 0 Å². The Bertz CT molecular complexity index is 1510. The molecule has 1 atom stereocenters. The van der Waals surface area contributed by atoms with Gasteiger partial charge in [-0.15, -0.1) is 0 Å². The van der Waals surface area contributed by atoms with Gasteiger partial charge in [-0.3, -0.25) is 9.69 Å². The SMILES string of the molecule is Cc1nc(N2CCN(CC3CC3)CC2)nc2nc(-c3c(NCC(O)c4cccc(Cl)c4)cc[nH]c3=O)[nH]c12. The second-order valence-corrected chi connectivity index (χ2v) is 10.6. The van der Waals surface area contributed by atoms with Crippen LogP contribution >= 0.6 is 11.6 Å². The van der Waals surface area contributed by atoms with Crippen LogP contribution in [0.2, 0.25) is 5.02 Å². The fourth-order valence-corrected chi connectivity index (χ4v) is 5.18. The molecule has 0 amide bonds. The molecule has 4 heterocycles. The van der Waals surface area contributed by atoms with Gasteiger partial charge in [-0.2, -0.15) is 4.98 Å². The van der Waals surface area contributed by atoms with E-state index < -0.39 is 6.10 Å². The monoisotopic (exact) mass is 534 g/mol. The molecule has 2 aliphatic rings. The minimum Gasteiger partial charge on any atom is -0.387 e. The number of aliphatic hydroxyl groups is 1. The number of anilines is 2. The van der Waals surface area contributed by atoms with Crippen molar-refractivity contribution in [2.24, 2.45) is 5.92 Å². The van der Waals surface area contributed by atoms with E-state index >= 15 is 0 Å². The van der Waals surface area contributed by atoms with Crippen LogP contribution in [0.4, 0.5) is 11.6 Å². The highest BCUT2D eigenvalue weighted by atomic mass is 35.5. The summed E-state index contributed by atoms with van der Waals surface area (Å²) in [6.07, 6.45) is 3.49. The van der Waals surface area contributed by atoms with Crippen LogP contribution in [0.15, 0.2) is 41.3 Å². The number of nitrogens with one attached hydrogen (secondary N) is 3. The van der Waals surface area contributed by atoms with Crippen molar-refractivity contribution in [2.45, 2.75) is 25.9 Å². The molecule has 1 aromatic carbocycles. The summed E-state index contributed by atoms with van der Waals surface area (Å²) in [5, 5.41) is 14.4. The topological polar surface area (TPSA) is 126 Å². The van der Waals surface area contributed by atoms with E-state index in [2.05, 4.69) is 25.1 Å². The number of benzene rings is 1. The maximum atomic E-state index is 12.9. The molecule has 0 bridgehead atoms. The Balaban J connectivity index is 1.23. The number of aryl methyl sites for hydroxylation is 1. The molecule has 1 aliphatic carbocycles. The number of piperazine rings is 1. The summed E-state index contributed by atoms with van der Waals surface area (Å²) in [6, 6.07) is 8.83. The van der Waals surface area contributed by atoms with E-state index in [1.807, 2.05) is 13.0 Å². The molecule has 4 N–H and O–H groups in total. The van der Waals surface area contributed by atoms with E-state index in [1.54, 1.807) is 30.5 Å². The van der Waals surface area contributed by atoms with Gasteiger partial charge in [0.05, 0.1) is 17.5 Å². The van der Waals surface area contributed by atoms with Gasteiger partial charge in [-0.05, 0) is 49.4 Å². The third-order valence-corrected chi connectivity index (χ3v) is 7.54. The van der Waals surface area contributed by atoms with Crippen LogP contribution in [0.25, 0.3) is 22.6 Å². The van der Waals surface area contributed by atoms with Gasteiger partial charge in [0.1, 0.15) is 16.9 Å². The molecule has 11 heteroatoms. The number of H-pyrrole nitrogens is 2. The molecule has 1 saturated carbocycles. The van der Waals surface area contributed by atoms with Crippen molar-refractivity contribution in [1.82, 2.24) is 29.8 Å². The van der Waals surface area contributed by atoms with Crippen LogP contribution < -0.4 is 15.8 Å². The second-order valence-electron chi connectivity index (χ2n) is 10.2. The van der Waals surface area contributed by atoms with Crippen LogP contribution in [0.5, 0.6) is 0 Å². The number of pyridine rings is 1. The first-order valence-corrected chi connectivity index (χ1v) is 13.4. The highest BCUT2D eigenvalue weighted by Gasteiger charge is 2.27. The average molecular weight is 535 g/mol. The molecule has 0 radical (unpaired) electrons. The number of aromatic nitrogens is 5. The summed E-state index contributed by atoms with van der Waals surface area (Å²) in [4.78, 5) is 37.8. The fourth-order valence-electron chi connectivity index (χ4n) is 4.98. The molecule has 0 spiro atoms. The highest BCUT2D eigenvalue weighted by Crippen LogP contribution is 2.30. The van der Waals surface area contributed by atoms with E-state index in [9.17, 15) is 9.90 Å². The Morgan fingerprint density at radius 3 is 2.74 bits per heavy atom. The maximum absolute atomic E-state index is 12.9. The summed E-state index contributed by atoms with van der Waals surface area (Å²) in [7, 11) is 0. The zero-order chi connectivity index (χ0) is 26.2. The number of hydrogen-bond donors (Lipinski definition) is 4. The van der Waals surface area contributed by atoms with Gasteiger partial charge in [0.25, 0.3) is 5.56 Å². The van der Waals surface area contributed by atoms with Crippen molar-refractivity contribution in [3.63, 3.8) is 0 Å². The van der Waals surface area contributed by atoms with Crippen molar-refractivity contribution < 1.29 is 5.11 Å². The molecule has 38 heavy (non-hydrogen) atoms. The Hall–Kier alpha value is -3.47. The minimum atomic E-state index is -0.808. The van der Waals surface area contributed by atoms with E-state index in [-0.39, 0.29) is 12.1 Å². The largest absolute Gasteiger partial charge is 0.387 e. The molecular weight excluding hydrogens is 504 g/mol. The molecule has 6 rings (SSSR count). The van der Waals surface area contributed by atoms with Crippen LogP contribution in [0.3, 0.4) is 0 Å². The first-order chi connectivity index (χ1) is 18.4. The number of aliphatic hydroxyl groups excluding tert-OH is 1. The number of halogens is 1. The van der Waals surface area contributed by atoms with Crippen LogP contribution in [0, 0.1) is 12.8 Å².